The summed E-state index contributed by atoms with van der Waals surface area (Å²) in [7, 11) is 1.73. The zero-order chi connectivity index (χ0) is 35.5. The van der Waals surface area contributed by atoms with E-state index in [1.807, 2.05) is 33.6 Å². The van der Waals surface area contributed by atoms with Crippen LogP contribution in [-0.4, -0.2) is 46.7 Å². The molecule has 0 aliphatic heterocycles. The molecule has 258 valence electrons. The fourth-order valence-electron chi connectivity index (χ4n) is 7.45. The van der Waals surface area contributed by atoms with Crippen LogP contribution in [-0.2, 0) is 36.3 Å². The molecule has 0 spiro atoms. The quantitative estimate of drug-likeness (QED) is 0.121. The van der Waals surface area contributed by atoms with E-state index >= 15 is 0 Å². The number of hydrogen-bond donors (Lipinski definition) is 0. The highest BCUT2D eigenvalue weighted by molar-refractivity contribution is 5.81. The highest BCUT2D eigenvalue weighted by atomic mass is 16.5. The Kier molecular flexibility index (Phi) is 9.01. The maximum Gasteiger partial charge on any atom is 0.184 e. The SMILES string of the molecule is CCc1nc2c(CC)c(COC)n(Cc3ccc(-c4ccccc4-c4nnnn4C(c4ccccc4)(c4ccccc4)c4ccccc4)cc3)n2n1. The van der Waals surface area contributed by atoms with E-state index in [-0.39, 0.29) is 0 Å². The molecule has 0 atom stereocenters. The molecular formula is C43H40N8O. The largest absolute Gasteiger partial charge is 0.378 e. The molecule has 0 N–H and O–H groups in total. The van der Waals surface area contributed by atoms with Crippen LogP contribution in [0.3, 0.4) is 0 Å². The first kappa shape index (κ1) is 33.0. The molecule has 0 aliphatic carbocycles. The minimum absolute atomic E-state index is 0.492. The molecule has 0 saturated carbocycles. The number of tetrazole rings is 1. The number of aryl methyl sites for hydroxylation is 2. The summed E-state index contributed by atoms with van der Waals surface area (Å²) in [6.45, 7) is 5.37. The van der Waals surface area contributed by atoms with Gasteiger partial charge in [-0.25, -0.2) is 9.67 Å². The Morgan fingerprint density at radius 2 is 1.23 bits per heavy atom. The summed E-state index contributed by atoms with van der Waals surface area (Å²) in [6, 6.07) is 48.5. The molecule has 9 nitrogen and oxygen atoms in total. The van der Waals surface area contributed by atoms with E-state index < -0.39 is 5.54 Å². The summed E-state index contributed by atoms with van der Waals surface area (Å²) < 4.78 is 11.8. The van der Waals surface area contributed by atoms with Gasteiger partial charge in [-0.15, -0.1) is 10.2 Å². The van der Waals surface area contributed by atoms with Crippen LogP contribution >= 0.6 is 0 Å². The van der Waals surface area contributed by atoms with E-state index in [0.29, 0.717) is 19.0 Å². The summed E-state index contributed by atoms with van der Waals surface area (Å²) in [4.78, 5) is 4.83. The lowest BCUT2D eigenvalue weighted by atomic mass is 9.77. The van der Waals surface area contributed by atoms with Crippen molar-refractivity contribution in [2.24, 2.45) is 0 Å². The minimum atomic E-state index is -0.849. The second-order valence-electron chi connectivity index (χ2n) is 12.8. The summed E-state index contributed by atoms with van der Waals surface area (Å²) in [5.41, 5.74) is 9.68. The molecule has 0 radical (unpaired) electrons. The molecule has 0 bridgehead atoms. The zero-order valence-electron chi connectivity index (χ0n) is 29.6. The summed E-state index contributed by atoms with van der Waals surface area (Å²) in [5, 5.41) is 18.7. The van der Waals surface area contributed by atoms with Gasteiger partial charge in [0.2, 0.25) is 0 Å². The Bertz CT molecular complexity index is 2320. The van der Waals surface area contributed by atoms with E-state index in [9.17, 15) is 0 Å². The molecule has 8 rings (SSSR count). The van der Waals surface area contributed by atoms with Gasteiger partial charge >= 0.3 is 0 Å². The first-order valence-corrected chi connectivity index (χ1v) is 17.8. The van der Waals surface area contributed by atoms with Gasteiger partial charge in [0.15, 0.2) is 17.3 Å². The number of aromatic nitrogens is 8. The fraction of sp³-hybridized carbons (Fsp3) is 0.186. The van der Waals surface area contributed by atoms with Crippen LogP contribution in [0, 0.1) is 0 Å². The lowest BCUT2D eigenvalue weighted by Crippen LogP contribution is -2.39. The Morgan fingerprint density at radius 3 is 1.79 bits per heavy atom. The van der Waals surface area contributed by atoms with E-state index in [1.54, 1.807) is 7.11 Å². The van der Waals surface area contributed by atoms with Crippen LogP contribution in [0.1, 0.15) is 53.2 Å². The summed E-state index contributed by atoms with van der Waals surface area (Å²) >= 11 is 0. The van der Waals surface area contributed by atoms with Crippen molar-refractivity contribution in [2.75, 3.05) is 7.11 Å². The fourth-order valence-corrected chi connectivity index (χ4v) is 7.45. The molecule has 0 unspecified atom stereocenters. The monoisotopic (exact) mass is 684 g/mol. The van der Waals surface area contributed by atoms with Gasteiger partial charge in [-0.05, 0) is 50.2 Å². The second-order valence-corrected chi connectivity index (χ2v) is 12.8. The number of benzene rings is 5. The van der Waals surface area contributed by atoms with Crippen molar-refractivity contribution in [3.63, 3.8) is 0 Å². The van der Waals surface area contributed by atoms with Gasteiger partial charge in [0.1, 0.15) is 5.54 Å². The van der Waals surface area contributed by atoms with Gasteiger partial charge in [0, 0.05) is 24.7 Å². The number of hydrogen-bond acceptors (Lipinski definition) is 6. The molecule has 8 aromatic rings. The first-order valence-electron chi connectivity index (χ1n) is 17.8. The Balaban J connectivity index is 1.23. The number of nitrogens with zero attached hydrogens (tertiary/aromatic N) is 8. The van der Waals surface area contributed by atoms with Crippen molar-refractivity contribution >= 4 is 5.65 Å². The van der Waals surface area contributed by atoms with Crippen molar-refractivity contribution in [3.05, 3.63) is 179 Å². The molecule has 52 heavy (non-hydrogen) atoms. The third kappa shape index (κ3) is 5.59. The Labute approximate surface area is 303 Å². The van der Waals surface area contributed by atoms with Gasteiger partial charge in [-0.2, -0.15) is 4.63 Å². The Hall–Kier alpha value is -6.19. The van der Waals surface area contributed by atoms with Gasteiger partial charge in [0.05, 0.1) is 18.8 Å². The average molecular weight is 685 g/mol. The molecule has 9 heteroatoms. The predicted octanol–water partition coefficient (Wildman–Crippen LogP) is 8.01. The summed E-state index contributed by atoms with van der Waals surface area (Å²) in [6.07, 6.45) is 1.64. The van der Waals surface area contributed by atoms with Crippen LogP contribution < -0.4 is 0 Å². The smallest absolute Gasteiger partial charge is 0.184 e. The number of fused-ring (bicyclic) bond motifs is 1. The standard InChI is InChI=1S/C43H40N8O/c1-4-36-39(30-52-3)49(51-41(36)44-40(5-2)46-51)29-31-25-27-32(28-26-31)37-23-15-16-24-38(37)42-45-47-48-50(42)43(33-17-9-6-10-18-33,34-19-11-7-12-20-34)35-21-13-8-14-22-35/h6-28H,4-5,29-30H2,1-3H3. The number of ether oxygens (including phenoxy) is 1. The van der Waals surface area contributed by atoms with Gasteiger partial charge in [0.25, 0.3) is 0 Å². The maximum absolute atomic E-state index is 5.64. The van der Waals surface area contributed by atoms with Crippen LogP contribution in [0.4, 0.5) is 0 Å². The topological polar surface area (TPSA) is 88.0 Å². The van der Waals surface area contributed by atoms with Gasteiger partial charge < -0.3 is 4.74 Å². The molecule has 3 aromatic heterocycles. The van der Waals surface area contributed by atoms with E-state index in [4.69, 9.17) is 25.1 Å². The number of rotatable bonds is 12. The van der Waals surface area contributed by atoms with Crippen molar-refractivity contribution < 1.29 is 4.74 Å². The van der Waals surface area contributed by atoms with Crippen molar-refractivity contribution in [3.8, 4) is 22.5 Å². The lowest BCUT2D eigenvalue weighted by Gasteiger charge is -2.36. The molecule has 0 amide bonds. The molecule has 0 fully saturated rings. The van der Waals surface area contributed by atoms with Crippen LogP contribution in [0.25, 0.3) is 28.2 Å². The van der Waals surface area contributed by atoms with Gasteiger partial charge in [-0.1, -0.05) is 153 Å². The van der Waals surface area contributed by atoms with Crippen LogP contribution in [0.15, 0.2) is 140 Å². The van der Waals surface area contributed by atoms with E-state index in [2.05, 4.69) is 139 Å². The lowest BCUT2D eigenvalue weighted by molar-refractivity contribution is 0.175. The van der Waals surface area contributed by atoms with Crippen LogP contribution in [0.5, 0.6) is 0 Å². The summed E-state index contributed by atoms with van der Waals surface area (Å²) in [5.74, 6) is 1.51. The van der Waals surface area contributed by atoms with Crippen molar-refractivity contribution in [1.29, 1.82) is 0 Å². The zero-order valence-corrected chi connectivity index (χ0v) is 29.6. The minimum Gasteiger partial charge on any atom is -0.378 e. The second kappa shape index (κ2) is 14.2. The van der Waals surface area contributed by atoms with Crippen LogP contribution in [0.2, 0.25) is 0 Å². The normalized spacial score (nSPS) is 11.8. The number of methoxy groups -OCH3 is 1. The van der Waals surface area contributed by atoms with Crippen molar-refractivity contribution in [2.45, 2.75) is 45.4 Å². The first-order chi connectivity index (χ1) is 25.7. The van der Waals surface area contributed by atoms with Gasteiger partial charge in [-0.3, -0.25) is 4.68 Å². The molecule has 0 aliphatic rings. The Morgan fingerprint density at radius 1 is 0.654 bits per heavy atom. The highest BCUT2D eigenvalue weighted by Gasteiger charge is 2.42. The third-order valence-corrected chi connectivity index (χ3v) is 9.87. The third-order valence-electron chi connectivity index (χ3n) is 9.87. The van der Waals surface area contributed by atoms with Crippen molar-refractivity contribution in [1.82, 2.24) is 39.6 Å². The molecular weight excluding hydrogens is 645 g/mol. The predicted molar refractivity (Wildman–Crippen MR) is 203 cm³/mol. The molecule has 0 saturated heterocycles. The van der Waals surface area contributed by atoms with E-state index in [0.717, 1.165) is 69.0 Å². The molecule has 3 heterocycles. The van der Waals surface area contributed by atoms with E-state index in [1.165, 1.54) is 5.56 Å². The average Bonchev–Trinajstić information content (AvgIpc) is 3.93. The molecule has 5 aromatic carbocycles. The maximum atomic E-state index is 5.64. The highest BCUT2D eigenvalue weighted by Crippen LogP contribution is 2.43.